The van der Waals surface area contributed by atoms with E-state index in [9.17, 15) is 0 Å². The minimum absolute atomic E-state index is 0.474. The summed E-state index contributed by atoms with van der Waals surface area (Å²) in [5, 5.41) is 13.7. The van der Waals surface area contributed by atoms with Gasteiger partial charge in [-0.25, -0.2) is 5.10 Å². The van der Waals surface area contributed by atoms with Crippen molar-refractivity contribution in [3.63, 3.8) is 0 Å². The summed E-state index contributed by atoms with van der Waals surface area (Å²) in [6, 6.07) is 10.2. The maximum absolute atomic E-state index is 5.29. The van der Waals surface area contributed by atoms with Gasteiger partial charge < -0.3 is 4.90 Å². The molecule has 0 fully saturated rings. The monoisotopic (exact) mass is 343 g/mol. The van der Waals surface area contributed by atoms with Gasteiger partial charge in [0.05, 0.1) is 11.1 Å². The van der Waals surface area contributed by atoms with Gasteiger partial charge in [0.1, 0.15) is 0 Å². The molecule has 23 heavy (non-hydrogen) atoms. The third-order valence-electron chi connectivity index (χ3n) is 3.48. The van der Waals surface area contributed by atoms with Crippen molar-refractivity contribution < 1.29 is 0 Å². The molecule has 5 nitrogen and oxygen atoms in total. The molecule has 1 aromatic carbocycles. The highest BCUT2D eigenvalue weighted by Crippen LogP contribution is 2.21. The van der Waals surface area contributed by atoms with Crippen LogP contribution in [0.1, 0.15) is 10.4 Å². The van der Waals surface area contributed by atoms with E-state index >= 15 is 0 Å². The van der Waals surface area contributed by atoms with Crippen molar-refractivity contribution >= 4 is 35.5 Å². The molecule has 7 heteroatoms. The Kier molecular flexibility index (Phi) is 4.40. The second kappa shape index (κ2) is 6.47. The Bertz CT molecular complexity index is 884. The van der Waals surface area contributed by atoms with Gasteiger partial charge in [0.15, 0.2) is 5.82 Å². The summed E-state index contributed by atoms with van der Waals surface area (Å²) in [6.45, 7) is 2.06. The zero-order chi connectivity index (χ0) is 16.4. The van der Waals surface area contributed by atoms with Crippen LogP contribution in [-0.4, -0.2) is 35.2 Å². The number of nitrogens with one attached hydrogen (secondary N) is 1. The molecule has 2 heterocycles. The molecular weight excluding hydrogens is 326 g/mol. The van der Waals surface area contributed by atoms with E-state index in [0.29, 0.717) is 10.6 Å². The predicted octanol–water partition coefficient (Wildman–Crippen LogP) is 3.93. The summed E-state index contributed by atoms with van der Waals surface area (Å²) < 4.78 is 2.13. The molecule has 0 unspecified atom stereocenters. The molecule has 2 aromatic heterocycles. The van der Waals surface area contributed by atoms with Gasteiger partial charge in [0.25, 0.3) is 0 Å². The summed E-state index contributed by atoms with van der Waals surface area (Å²) in [4.78, 5) is 3.17. The van der Waals surface area contributed by atoms with Gasteiger partial charge >= 0.3 is 0 Å². The van der Waals surface area contributed by atoms with Gasteiger partial charge in [-0.05, 0) is 60.4 Å². The maximum Gasteiger partial charge on any atom is 0.216 e. The van der Waals surface area contributed by atoms with Crippen LogP contribution in [0.4, 0.5) is 5.69 Å². The molecule has 3 rings (SSSR count). The second-order valence-corrected chi connectivity index (χ2v) is 6.65. The zero-order valence-electron chi connectivity index (χ0n) is 13.1. The minimum atomic E-state index is 0.474. The number of anilines is 1. The molecule has 0 aliphatic rings. The van der Waals surface area contributed by atoms with Crippen LogP contribution in [-0.2, 0) is 0 Å². The SMILES string of the molecule is Cc1ccsc1/C=N/n1c(-c2ccc(N(C)C)cc2)n[nH]c1=S. The van der Waals surface area contributed by atoms with Crippen LogP contribution in [0.5, 0.6) is 0 Å². The van der Waals surface area contributed by atoms with Crippen molar-refractivity contribution in [3.05, 3.63) is 50.9 Å². The van der Waals surface area contributed by atoms with Crippen LogP contribution in [0.3, 0.4) is 0 Å². The van der Waals surface area contributed by atoms with Crippen LogP contribution in [0.2, 0.25) is 0 Å². The van der Waals surface area contributed by atoms with Gasteiger partial charge in [0.2, 0.25) is 4.77 Å². The third kappa shape index (κ3) is 3.25. The van der Waals surface area contributed by atoms with Gasteiger partial charge in [-0.15, -0.1) is 11.3 Å². The number of benzene rings is 1. The highest BCUT2D eigenvalue weighted by atomic mass is 32.1. The Morgan fingerprint density at radius 2 is 2.00 bits per heavy atom. The van der Waals surface area contributed by atoms with E-state index in [1.165, 1.54) is 5.56 Å². The molecule has 0 saturated carbocycles. The number of thiophene rings is 1. The molecule has 0 radical (unpaired) electrons. The Morgan fingerprint density at radius 3 is 2.61 bits per heavy atom. The average molecular weight is 343 g/mol. The standard InChI is InChI=1S/C16H17N5S2/c1-11-8-9-23-14(11)10-17-21-15(18-19-16(21)22)12-4-6-13(7-5-12)20(2)3/h4-10H,1-3H3,(H,19,22)/b17-10+. The number of hydrogen-bond donors (Lipinski definition) is 1. The first-order valence-electron chi connectivity index (χ1n) is 7.10. The normalized spacial score (nSPS) is 11.3. The summed E-state index contributed by atoms with van der Waals surface area (Å²) >= 11 is 6.95. The largest absolute Gasteiger partial charge is 0.378 e. The lowest BCUT2D eigenvalue weighted by Crippen LogP contribution is -2.08. The van der Waals surface area contributed by atoms with Crippen LogP contribution in [0.15, 0.2) is 40.8 Å². The third-order valence-corrected chi connectivity index (χ3v) is 4.70. The van der Waals surface area contributed by atoms with Crippen LogP contribution in [0, 0.1) is 11.7 Å². The van der Waals surface area contributed by atoms with E-state index < -0.39 is 0 Å². The van der Waals surface area contributed by atoms with E-state index in [0.717, 1.165) is 16.1 Å². The summed E-state index contributed by atoms with van der Waals surface area (Å²) in [5.41, 5.74) is 3.29. The average Bonchev–Trinajstić information content (AvgIpc) is 3.11. The van der Waals surface area contributed by atoms with Crippen LogP contribution >= 0.6 is 23.6 Å². The minimum Gasteiger partial charge on any atom is -0.378 e. The van der Waals surface area contributed by atoms with E-state index in [1.807, 2.05) is 50.0 Å². The highest BCUT2D eigenvalue weighted by Gasteiger charge is 2.08. The van der Waals surface area contributed by atoms with Gasteiger partial charge in [-0.3, -0.25) is 0 Å². The van der Waals surface area contributed by atoms with E-state index in [2.05, 4.69) is 33.2 Å². The Labute approximate surface area is 143 Å². The first-order valence-corrected chi connectivity index (χ1v) is 8.38. The lowest BCUT2D eigenvalue weighted by Gasteiger charge is -2.12. The highest BCUT2D eigenvalue weighted by molar-refractivity contribution is 7.71. The van der Waals surface area contributed by atoms with Crippen molar-refractivity contribution in [3.8, 4) is 11.4 Å². The number of rotatable bonds is 4. The second-order valence-electron chi connectivity index (χ2n) is 5.32. The molecule has 3 aromatic rings. The summed E-state index contributed by atoms with van der Waals surface area (Å²) in [7, 11) is 4.03. The first kappa shape index (κ1) is 15.6. The van der Waals surface area contributed by atoms with Gasteiger partial charge in [-0.1, -0.05) is 0 Å². The Morgan fingerprint density at radius 1 is 1.26 bits per heavy atom. The number of aromatic amines is 1. The number of H-pyrrole nitrogens is 1. The first-order chi connectivity index (χ1) is 11.1. The number of hydrogen-bond acceptors (Lipinski definition) is 5. The summed E-state index contributed by atoms with van der Waals surface area (Å²) in [5.74, 6) is 0.700. The molecule has 0 atom stereocenters. The topological polar surface area (TPSA) is 49.2 Å². The molecule has 0 spiro atoms. The fraction of sp³-hybridized carbons (Fsp3) is 0.188. The summed E-state index contributed by atoms with van der Waals surface area (Å²) in [6.07, 6.45) is 1.82. The molecule has 0 bridgehead atoms. The number of aryl methyl sites for hydroxylation is 1. The molecule has 0 aliphatic heterocycles. The van der Waals surface area contributed by atoms with E-state index in [-0.39, 0.29) is 0 Å². The molecule has 1 N–H and O–H groups in total. The van der Waals surface area contributed by atoms with E-state index in [1.54, 1.807) is 16.0 Å². The zero-order valence-corrected chi connectivity index (χ0v) is 14.8. The predicted molar refractivity (Wildman–Crippen MR) is 99.2 cm³/mol. The maximum atomic E-state index is 5.29. The lowest BCUT2D eigenvalue weighted by atomic mass is 10.2. The molecule has 0 saturated heterocycles. The fourth-order valence-corrected chi connectivity index (χ4v) is 3.08. The molecular formula is C16H17N5S2. The quantitative estimate of drug-likeness (QED) is 0.577. The Balaban J connectivity index is 1.97. The molecule has 118 valence electrons. The van der Waals surface area contributed by atoms with Gasteiger partial charge in [-0.2, -0.15) is 14.9 Å². The number of aromatic nitrogens is 3. The van der Waals surface area contributed by atoms with Crippen molar-refractivity contribution in [2.75, 3.05) is 19.0 Å². The van der Waals surface area contributed by atoms with Crippen molar-refractivity contribution in [2.24, 2.45) is 5.10 Å². The Hall–Kier alpha value is -2.25. The van der Waals surface area contributed by atoms with Gasteiger partial charge in [0, 0.05) is 25.3 Å². The fourth-order valence-electron chi connectivity index (χ4n) is 2.12. The smallest absolute Gasteiger partial charge is 0.216 e. The van der Waals surface area contributed by atoms with Crippen molar-refractivity contribution in [1.82, 2.24) is 14.9 Å². The molecule has 0 amide bonds. The van der Waals surface area contributed by atoms with Crippen LogP contribution < -0.4 is 4.90 Å². The number of nitrogens with zero attached hydrogens (tertiary/aromatic N) is 4. The van der Waals surface area contributed by atoms with Crippen molar-refractivity contribution in [1.29, 1.82) is 0 Å². The molecule has 0 aliphatic carbocycles. The van der Waals surface area contributed by atoms with E-state index in [4.69, 9.17) is 12.2 Å². The van der Waals surface area contributed by atoms with Crippen molar-refractivity contribution in [2.45, 2.75) is 6.92 Å². The lowest BCUT2D eigenvalue weighted by molar-refractivity contribution is 0.872. The van der Waals surface area contributed by atoms with Crippen LogP contribution in [0.25, 0.3) is 11.4 Å².